The van der Waals surface area contributed by atoms with Gasteiger partial charge in [0.1, 0.15) is 0 Å². The van der Waals surface area contributed by atoms with E-state index in [-0.39, 0.29) is 11.6 Å². The maximum Gasteiger partial charge on any atom is 0.157 e. The minimum atomic E-state index is 0.197. The molecule has 0 aromatic carbocycles. The van der Waals surface area contributed by atoms with E-state index in [2.05, 4.69) is 52.0 Å². The van der Waals surface area contributed by atoms with Gasteiger partial charge in [0.05, 0.1) is 18.5 Å². The summed E-state index contributed by atoms with van der Waals surface area (Å²) in [5.74, 6) is 0.866. The molecule has 0 saturated carbocycles. The molecule has 4 nitrogen and oxygen atoms in total. The van der Waals surface area contributed by atoms with E-state index in [0.717, 1.165) is 25.1 Å². The molecule has 0 fully saturated rings. The van der Waals surface area contributed by atoms with Gasteiger partial charge < -0.3 is 10.1 Å². The predicted molar refractivity (Wildman–Crippen MR) is 79.7 cm³/mol. The number of ether oxygens (including phenoxy) is 1. The SMILES string of the molecule is CC(CCCNC(C)(C)C)Oc1cnn(C(C)C)c1. The van der Waals surface area contributed by atoms with Crippen LogP contribution in [0.15, 0.2) is 12.4 Å². The molecule has 1 aromatic rings. The van der Waals surface area contributed by atoms with E-state index in [1.807, 2.05) is 10.9 Å². The first-order valence-electron chi connectivity index (χ1n) is 7.24. The van der Waals surface area contributed by atoms with Crippen LogP contribution in [0.4, 0.5) is 0 Å². The molecule has 1 rings (SSSR count). The molecule has 0 aliphatic heterocycles. The zero-order valence-corrected chi connectivity index (χ0v) is 13.2. The lowest BCUT2D eigenvalue weighted by molar-refractivity contribution is 0.205. The predicted octanol–water partition coefficient (Wildman–Crippen LogP) is 3.40. The van der Waals surface area contributed by atoms with Crippen molar-refractivity contribution >= 4 is 0 Å². The highest BCUT2D eigenvalue weighted by Crippen LogP contribution is 2.15. The van der Waals surface area contributed by atoms with Crippen LogP contribution in [0.1, 0.15) is 60.4 Å². The first-order chi connectivity index (χ1) is 8.78. The third-order valence-electron chi connectivity index (χ3n) is 2.89. The minimum absolute atomic E-state index is 0.197. The van der Waals surface area contributed by atoms with Crippen molar-refractivity contribution in [1.29, 1.82) is 0 Å². The third kappa shape index (κ3) is 6.62. The van der Waals surface area contributed by atoms with Crippen LogP contribution in [-0.2, 0) is 0 Å². The van der Waals surface area contributed by atoms with Crippen molar-refractivity contribution < 1.29 is 4.74 Å². The van der Waals surface area contributed by atoms with Gasteiger partial charge in [-0.1, -0.05) is 0 Å². The Morgan fingerprint density at radius 1 is 1.32 bits per heavy atom. The van der Waals surface area contributed by atoms with Gasteiger partial charge in [-0.3, -0.25) is 4.68 Å². The maximum absolute atomic E-state index is 5.87. The molecule has 0 amide bonds. The molecule has 1 unspecified atom stereocenters. The van der Waals surface area contributed by atoms with Gasteiger partial charge in [0.15, 0.2) is 5.75 Å². The van der Waals surface area contributed by atoms with Gasteiger partial charge >= 0.3 is 0 Å². The van der Waals surface area contributed by atoms with Crippen molar-refractivity contribution in [2.24, 2.45) is 0 Å². The Morgan fingerprint density at radius 2 is 2.00 bits per heavy atom. The van der Waals surface area contributed by atoms with Crippen molar-refractivity contribution in [3.8, 4) is 5.75 Å². The van der Waals surface area contributed by atoms with E-state index in [4.69, 9.17) is 4.74 Å². The molecule has 0 aliphatic rings. The largest absolute Gasteiger partial charge is 0.487 e. The van der Waals surface area contributed by atoms with Crippen molar-refractivity contribution in [3.05, 3.63) is 12.4 Å². The van der Waals surface area contributed by atoms with E-state index < -0.39 is 0 Å². The van der Waals surface area contributed by atoms with Gasteiger partial charge in [-0.15, -0.1) is 0 Å². The molecule has 1 aromatic heterocycles. The van der Waals surface area contributed by atoms with E-state index in [1.54, 1.807) is 6.20 Å². The lowest BCUT2D eigenvalue weighted by Gasteiger charge is -2.21. The molecule has 4 heteroatoms. The first kappa shape index (κ1) is 16.0. The zero-order chi connectivity index (χ0) is 14.5. The summed E-state index contributed by atoms with van der Waals surface area (Å²) in [7, 11) is 0. The molecule has 1 heterocycles. The second-order valence-electron chi connectivity index (χ2n) is 6.50. The van der Waals surface area contributed by atoms with Crippen LogP contribution in [0, 0.1) is 0 Å². The number of nitrogens with zero attached hydrogens (tertiary/aromatic N) is 2. The highest BCUT2D eigenvalue weighted by molar-refractivity contribution is 5.12. The topological polar surface area (TPSA) is 39.1 Å². The fourth-order valence-electron chi connectivity index (χ4n) is 1.81. The van der Waals surface area contributed by atoms with Crippen LogP contribution in [0.5, 0.6) is 5.75 Å². The molecule has 1 atom stereocenters. The van der Waals surface area contributed by atoms with Crippen LogP contribution >= 0.6 is 0 Å². The van der Waals surface area contributed by atoms with E-state index >= 15 is 0 Å². The lowest BCUT2D eigenvalue weighted by Crippen LogP contribution is -2.36. The monoisotopic (exact) mass is 267 g/mol. The number of hydrogen-bond acceptors (Lipinski definition) is 3. The molecule has 0 aliphatic carbocycles. The molecular weight excluding hydrogens is 238 g/mol. The summed E-state index contributed by atoms with van der Waals surface area (Å²) in [4.78, 5) is 0. The third-order valence-corrected chi connectivity index (χ3v) is 2.89. The number of rotatable bonds is 7. The van der Waals surface area contributed by atoms with Gasteiger partial charge in [-0.05, 0) is 60.9 Å². The summed E-state index contributed by atoms with van der Waals surface area (Å²) in [5.41, 5.74) is 0.197. The van der Waals surface area contributed by atoms with Gasteiger partial charge in [-0.25, -0.2) is 0 Å². The molecule has 19 heavy (non-hydrogen) atoms. The normalized spacial score (nSPS) is 13.8. The molecule has 0 bridgehead atoms. The second-order valence-corrected chi connectivity index (χ2v) is 6.50. The summed E-state index contributed by atoms with van der Waals surface area (Å²) in [6.07, 6.45) is 6.16. The van der Waals surface area contributed by atoms with Crippen LogP contribution < -0.4 is 10.1 Å². The smallest absolute Gasteiger partial charge is 0.157 e. The average Bonchev–Trinajstić information content (AvgIpc) is 2.71. The summed E-state index contributed by atoms with van der Waals surface area (Å²) >= 11 is 0. The molecule has 0 saturated heterocycles. The Hall–Kier alpha value is -1.03. The molecular formula is C15H29N3O. The van der Waals surface area contributed by atoms with E-state index in [9.17, 15) is 0 Å². The number of nitrogens with one attached hydrogen (secondary N) is 1. The molecule has 110 valence electrons. The molecule has 1 N–H and O–H groups in total. The van der Waals surface area contributed by atoms with Crippen LogP contribution in [0.2, 0.25) is 0 Å². The van der Waals surface area contributed by atoms with E-state index in [1.165, 1.54) is 0 Å². The second kappa shape index (κ2) is 6.94. The zero-order valence-electron chi connectivity index (χ0n) is 13.2. The maximum atomic E-state index is 5.87. The molecule has 0 radical (unpaired) electrons. The summed E-state index contributed by atoms with van der Waals surface area (Å²) in [6.45, 7) is 13.9. The Kier molecular flexibility index (Phi) is 5.85. The summed E-state index contributed by atoms with van der Waals surface area (Å²) in [6, 6.07) is 0.378. The van der Waals surface area contributed by atoms with Gasteiger partial charge in [0, 0.05) is 11.6 Å². The van der Waals surface area contributed by atoms with Gasteiger partial charge in [-0.2, -0.15) is 5.10 Å². The molecule has 0 spiro atoms. The Balaban J connectivity index is 2.25. The van der Waals surface area contributed by atoms with Crippen LogP contribution in [0.3, 0.4) is 0 Å². The minimum Gasteiger partial charge on any atom is -0.487 e. The standard InChI is InChI=1S/C15H29N3O/c1-12(2)18-11-14(10-17-18)19-13(3)8-7-9-16-15(4,5)6/h10-13,16H,7-9H2,1-6H3. The van der Waals surface area contributed by atoms with Crippen LogP contribution in [0.25, 0.3) is 0 Å². The summed E-state index contributed by atoms with van der Waals surface area (Å²) in [5, 5.41) is 7.76. The van der Waals surface area contributed by atoms with Crippen LogP contribution in [-0.4, -0.2) is 28.0 Å². The highest BCUT2D eigenvalue weighted by atomic mass is 16.5. The Bertz CT molecular complexity index is 366. The lowest BCUT2D eigenvalue weighted by atomic mass is 10.1. The number of aromatic nitrogens is 2. The summed E-state index contributed by atoms with van der Waals surface area (Å²) < 4.78 is 7.79. The van der Waals surface area contributed by atoms with Gasteiger partial charge in [0.2, 0.25) is 0 Å². The van der Waals surface area contributed by atoms with E-state index in [0.29, 0.717) is 6.04 Å². The fraction of sp³-hybridized carbons (Fsp3) is 0.800. The Morgan fingerprint density at radius 3 is 2.53 bits per heavy atom. The number of hydrogen-bond donors (Lipinski definition) is 1. The fourth-order valence-corrected chi connectivity index (χ4v) is 1.81. The van der Waals surface area contributed by atoms with Crippen molar-refractivity contribution in [3.63, 3.8) is 0 Å². The Labute approximate surface area is 117 Å². The highest BCUT2D eigenvalue weighted by Gasteiger charge is 2.10. The van der Waals surface area contributed by atoms with Gasteiger partial charge in [0.25, 0.3) is 0 Å². The first-order valence-corrected chi connectivity index (χ1v) is 7.24. The van der Waals surface area contributed by atoms with Crippen molar-refractivity contribution in [2.45, 2.75) is 72.1 Å². The van der Waals surface area contributed by atoms with Crippen molar-refractivity contribution in [1.82, 2.24) is 15.1 Å². The average molecular weight is 267 g/mol. The quantitative estimate of drug-likeness (QED) is 0.770. The van der Waals surface area contributed by atoms with Crippen molar-refractivity contribution in [2.75, 3.05) is 6.54 Å².